The number of hydrogen-bond donors (Lipinski definition) is 1. The van der Waals surface area contributed by atoms with Gasteiger partial charge < -0.3 is 10.1 Å². The molecule has 2 aromatic heterocycles. The largest absolute Gasteiger partial charge is 0.497 e. The van der Waals surface area contributed by atoms with Gasteiger partial charge in [0.05, 0.1) is 12.8 Å². The van der Waals surface area contributed by atoms with Gasteiger partial charge in [-0.2, -0.15) is 9.61 Å². The van der Waals surface area contributed by atoms with Crippen LogP contribution in [-0.2, 0) is 0 Å². The smallest absolute Gasteiger partial charge is 0.161 e. The zero-order chi connectivity index (χ0) is 19.0. The molecule has 27 heavy (non-hydrogen) atoms. The molecule has 0 aliphatic heterocycles. The highest BCUT2D eigenvalue weighted by molar-refractivity contribution is 9.10. The Kier molecular flexibility index (Phi) is 4.58. The number of fused-ring (bicyclic) bond motifs is 1. The van der Waals surface area contributed by atoms with Gasteiger partial charge >= 0.3 is 0 Å². The lowest BCUT2D eigenvalue weighted by Gasteiger charge is -2.09. The number of aromatic nitrogens is 3. The van der Waals surface area contributed by atoms with Crippen molar-refractivity contribution in [2.45, 2.75) is 13.8 Å². The number of benzene rings is 2. The molecule has 0 radical (unpaired) electrons. The molecule has 0 saturated heterocycles. The maximum atomic E-state index is 5.25. The summed E-state index contributed by atoms with van der Waals surface area (Å²) < 4.78 is 8.16. The van der Waals surface area contributed by atoms with Crippen molar-refractivity contribution in [3.8, 4) is 17.0 Å². The molecule has 0 atom stereocenters. The van der Waals surface area contributed by atoms with Crippen molar-refractivity contribution in [2.75, 3.05) is 12.4 Å². The number of aryl methyl sites for hydroxylation is 2. The number of anilines is 2. The lowest BCUT2D eigenvalue weighted by atomic mass is 10.1. The van der Waals surface area contributed by atoms with Crippen molar-refractivity contribution in [3.05, 3.63) is 70.3 Å². The average Bonchev–Trinajstić information content (AvgIpc) is 3.00. The number of nitrogens with one attached hydrogen (secondary N) is 1. The van der Waals surface area contributed by atoms with Crippen LogP contribution in [0, 0.1) is 13.8 Å². The predicted molar refractivity (Wildman–Crippen MR) is 112 cm³/mol. The first-order valence-corrected chi connectivity index (χ1v) is 9.38. The van der Waals surface area contributed by atoms with E-state index in [1.54, 1.807) is 7.11 Å². The van der Waals surface area contributed by atoms with E-state index in [4.69, 9.17) is 14.8 Å². The summed E-state index contributed by atoms with van der Waals surface area (Å²) in [4.78, 5) is 4.70. The maximum absolute atomic E-state index is 5.25. The van der Waals surface area contributed by atoms with Gasteiger partial charge in [0.1, 0.15) is 11.6 Å². The van der Waals surface area contributed by atoms with E-state index in [1.807, 2.05) is 66.0 Å². The second kappa shape index (κ2) is 7.04. The normalized spacial score (nSPS) is 11.0. The maximum Gasteiger partial charge on any atom is 0.161 e. The first-order chi connectivity index (χ1) is 13.0. The van der Waals surface area contributed by atoms with Crippen LogP contribution >= 0.6 is 15.9 Å². The molecular formula is C21H19BrN4O. The van der Waals surface area contributed by atoms with Crippen molar-refractivity contribution in [1.29, 1.82) is 0 Å². The third-order valence-corrected chi connectivity index (χ3v) is 4.96. The Bertz CT molecular complexity index is 1100. The predicted octanol–water partition coefficient (Wildman–Crippen LogP) is 5.53. The summed E-state index contributed by atoms with van der Waals surface area (Å²) in [7, 11) is 1.66. The summed E-state index contributed by atoms with van der Waals surface area (Å²) in [5, 5.41) is 8.28. The van der Waals surface area contributed by atoms with Gasteiger partial charge in [-0.05, 0) is 62.4 Å². The van der Waals surface area contributed by atoms with E-state index in [-0.39, 0.29) is 0 Å². The van der Waals surface area contributed by atoms with Gasteiger partial charge in [-0.3, -0.25) is 0 Å². The highest BCUT2D eigenvalue weighted by Gasteiger charge is 2.15. The van der Waals surface area contributed by atoms with Gasteiger partial charge in [0, 0.05) is 33.0 Å². The fraction of sp³-hybridized carbons (Fsp3) is 0.143. The summed E-state index contributed by atoms with van der Waals surface area (Å²) in [5.41, 5.74) is 5.76. The molecule has 0 aliphatic carbocycles. The van der Waals surface area contributed by atoms with Crippen LogP contribution in [0.1, 0.15) is 11.3 Å². The fourth-order valence-electron chi connectivity index (χ4n) is 3.04. The molecule has 2 aromatic carbocycles. The van der Waals surface area contributed by atoms with Crippen molar-refractivity contribution in [2.24, 2.45) is 0 Å². The second-order valence-corrected chi connectivity index (χ2v) is 7.27. The Balaban J connectivity index is 1.81. The van der Waals surface area contributed by atoms with E-state index in [0.29, 0.717) is 0 Å². The molecular weight excluding hydrogens is 404 g/mol. The number of methoxy groups -OCH3 is 1. The Morgan fingerprint density at radius 1 is 1.00 bits per heavy atom. The second-order valence-electron chi connectivity index (χ2n) is 6.35. The van der Waals surface area contributed by atoms with Crippen LogP contribution in [0.3, 0.4) is 0 Å². The third kappa shape index (κ3) is 3.40. The molecule has 0 amide bonds. The third-order valence-electron chi connectivity index (χ3n) is 4.43. The molecule has 1 N–H and O–H groups in total. The van der Waals surface area contributed by atoms with E-state index in [0.717, 1.165) is 49.9 Å². The minimum Gasteiger partial charge on any atom is -0.497 e. The fourth-order valence-corrected chi connectivity index (χ4v) is 3.30. The zero-order valence-electron chi connectivity index (χ0n) is 15.3. The first kappa shape index (κ1) is 17.5. The van der Waals surface area contributed by atoms with Crippen molar-refractivity contribution in [1.82, 2.24) is 14.6 Å². The van der Waals surface area contributed by atoms with E-state index >= 15 is 0 Å². The van der Waals surface area contributed by atoms with Crippen molar-refractivity contribution < 1.29 is 4.74 Å². The molecule has 0 spiro atoms. The van der Waals surface area contributed by atoms with Crippen LogP contribution in [0.5, 0.6) is 5.75 Å². The molecule has 5 nitrogen and oxygen atoms in total. The molecule has 4 rings (SSSR count). The topological polar surface area (TPSA) is 51.5 Å². The molecule has 0 bridgehead atoms. The number of hydrogen-bond acceptors (Lipinski definition) is 4. The quantitative estimate of drug-likeness (QED) is 0.469. The zero-order valence-corrected chi connectivity index (χ0v) is 16.9. The summed E-state index contributed by atoms with van der Waals surface area (Å²) >= 11 is 3.47. The van der Waals surface area contributed by atoms with Gasteiger partial charge in [0.15, 0.2) is 5.65 Å². The lowest BCUT2D eigenvalue weighted by Crippen LogP contribution is -2.02. The Morgan fingerprint density at radius 3 is 2.37 bits per heavy atom. The number of ether oxygens (including phenoxy) is 1. The van der Waals surface area contributed by atoms with Gasteiger partial charge in [-0.15, -0.1) is 0 Å². The lowest BCUT2D eigenvalue weighted by molar-refractivity contribution is 0.415. The van der Waals surface area contributed by atoms with E-state index in [1.165, 1.54) is 0 Å². The average molecular weight is 423 g/mol. The molecule has 6 heteroatoms. The summed E-state index contributed by atoms with van der Waals surface area (Å²) in [6.45, 7) is 4.05. The molecule has 136 valence electrons. The summed E-state index contributed by atoms with van der Waals surface area (Å²) in [5.74, 6) is 1.70. The van der Waals surface area contributed by atoms with E-state index in [9.17, 15) is 0 Å². The van der Waals surface area contributed by atoms with Gasteiger partial charge in [0.2, 0.25) is 0 Å². The van der Waals surface area contributed by atoms with Gasteiger partial charge in [-0.25, -0.2) is 4.98 Å². The molecule has 0 aliphatic rings. The Hall–Kier alpha value is -2.86. The molecule has 4 aromatic rings. The molecule has 2 heterocycles. The Morgan fingerprint density at radius 2 is 1.70 bits per heavy atom. The highest BCUT2D eigenvalue weighted by Crippen LogP contribution is 2.29. The molecule has 0 fully saturated rings. The van der Waals surface area contributed by atoms with Crippen LogP contribution < -0.4 is 10.1 Å². The number of rotatable bonds is 4. The molecule has 0 unspecified atom stereocenters. The van der Waals surface area contributed by atoms with Crippen molar-refractivity contribution >= 4 is 33.1 Å². The van der Waals surface area contributed by atoms with E-state index < -0.39 is 0 Å². The van der Waals surface area contributed by atoms with Crippen LogP contribution in [0.2, 0.25) is 0 Å². The van der Waals surface area contributed by atoms with Crippen LogP contribution in [0.15, 0.2) is 59.1 Å². The van der Waals surface area contributed by atoms with Crippen LogP contribution in [0.4, 0.5) is 11.5 Å². The SMILES string of the molecule is COc1ccc(-c2nn3c(Nc4ccc(Br)cc4)cc(C)nc3c2C)cc1. The standard InChI is InChI=1S/C21H19BrN4O/c1-13-12-19(24-17-8-6-16(22)7-9-17)26-21(23-13)14(2)20(25-26)15-4-10-18(27-3)11-5-15/h4-12,24H,1-3H3. The molecule has 0 saturated carbocycles. The van der Waals surface area contributed by atoms with Gasteiger partial charge in [0.25, 0.3) is 0 Å². The first-order valence-electron chi connectivity index (χ1n) is 8.59. The Labute approximate surface area is 166 Å². The minimum absolute atomic E-state index is 0.826. The summed E-state index contributed by atoms with van der Waals surface area (Å²) in [6.07, 6.45) is 0. The monoisotopic (exact) mass is 422 g/mol. The van der Waals surface area contributed by atoms with Crippen molar-refractivity contribution in [3.63, 3.8) is 0 Å². The minimum atomic E-state index is 0.826. The summed E-state index contributed by atoms with van der Waals surface area (Å²) in [6, 6.07) is 18.0. The van der Waals surface area contributed by atoms with Crippen LogP contribution in [-0.4, -0.2) is 21.7 Å². The highest BCUT2D eigenvalue weighted by atomic mass is 79.9. The number of halogens is 1. The van der Waals surface area contributed by atoms with E-state index in [2.05, 4.69) is 28.2 Å². The van der Waals surface area contributed by atoms with Crippen LogP contribution in [0.25, 0.3) is 16.9 Å². The van der Waals surface area contributed by atoms with Gasteiger partial charge in [-0.1, -0.05) is 15.9 Å². The number of nitrogens with zero attached hydrogens (tertiary/aromatic N) is 3.